The number of benzene rings is 2. The molecular formula is C22H24N2O3Si. The highest BCUT2D eigenvalue weighted by Crippen LogP contribution is 2.38. The second kappa shape index (κ2) is 7.76. The summed E-state index contributed by atoms with van der Waals surface area (Å²) in [6.07, 6.45) is -0.470. The van der Waals surface area contributed by atoms with Crippen LogP contribution in [0, 0.1) is 0 Å². The van der Waals surface area contributed by atoms with Crippen molar-refractivity contribution in [1.29, 1.82) is 0 Å². The van der Waals surface area contributed by atoms with Gasteiger partial charge in [0.05, 0.1) is 6.10 Å². The second-order valence-electron chi connectivity index (χ2n) is 8.11. The summed E-state index contributed by atoms with van der Waals surface area (Å²) in [5.74, 6) is -0.941. The molecule has 0 saturated heterocycles. The van der Waals surface area contributed by atoms with Gasteiger partial charge in [-0.25, -0.2) is 0 Å². The average molecular weight is 393 g/mol. The van der Waals surface area contributed by atoms with Crippen LogP contribution >= 0.6 is 0 Å². The number of carbonyl (C=O) groups excluding carboxylic acids is 2. The van der Waals surface area contributed by atoms with Crippen molar-refractivity contribution >= 4 is 36.0 Å². The summed E-state index contributed by atoms with van der Waals surface area (Å²) in [5.41, 5.74) is 8.58. The molecule has 1 fully saturated rings. The van der Waals surface area contributed by atoms with Gasteiger partial charge in [-0.1, -0.05) is 81.4 Å². The van der Waals surface area contributed by atoms with E-state index in [0.29, 0.717) is 0 Å². The van der Waals surface area contributed by atoms with Crippen molar-refractivity contribution < 1.29 is 18.8 Å². The van der Waals surface area contributed by atoms with Gasteiger partial charge >= 0.3 is 5.71 Å². The highest BCUT2D eigenvalue weighted by molar-refractivity contribution is 6.99. The zero-order valence-corrected chi connectivity index (χ0v) is 17.4. The summed E-state index contributed by atoms with van der Waals surface area (Å²) in [6.45, 7) is 6.44. The fourth-order valence-corrected chi connectivity index (χ4v) is 8.65. The van der Waals surface area contributed by atoms with Gasteiger partial charge in [0.1, 0.15) is 0 Å². The van der Waals surface area contributed by atoms with Gasteiger partial charge in [0, 0.05) is 12.8 Å². The lowest BCUT2D eigenvalue weighted by molar-refractivity contribution is -0.129. The lowest BCUT2D eigenvalue weighted by atomic mass is 9.93. The predicted octanol–water partition coefficient (Wildman–Crippen LogP) is 2.53. The number of nitrogens with zero attached hydrogens (tertiary/aromatic N) is 2. The third kappa shape index (κ3) is 3.54. The van der Waals surface area contributed by atoms with Crippen LogP contribution in [-0.2, 0) is 14.0 Å². The van der Waals surface area contributed by atoms with Crippen LogP contribution in [0.3, 0.4) is 0 Å². The molecule has 0 aromatic heterocycles. The van der Waals surface area contributed by atoms with Crippen LogP contribution in [0.25, 0.3) is 5.53 Å². The summed E-state index contributed by atoms with van der Waals surface area (Å²) in [6, 6.07) is 20.2. The predicted molar refractivity (Wildman–Crippen MR) is 110 cm³/mol. The van der Waals surface area contributed by atoms with Crippen molar-refractivity contribution in [3.05, 3.63) is 66.2 Å². The summed E-state index contributed by atoms with van der Waals surface area (Å²) in [5, 5.41) is 1.94. The molecule has 0 heterocycles. The van der Waals surface area contributed by atoms with E-state index in [9.17, 15) is 9.59 Å². The lowest BCUT2D eigenvalue weighted by Gasteiger charge is -2.45. The maximum atomic E-state index is 12.3. The fourth-order valence-electron chi connectivity index (χ4n) is 3.97. The molecule has 0 atom stereocenters. The first kappa shape index (κ1) is 20.1. The van der Waals surface area contributed by atoms with Crippen molar-refractivity contribution in [3.8, 4) is 0 Å². The summed E-state index contributed by atoms with van der Waals surface area (Å²) in [7, 11) is -2.83. The van der Waals surface area contributed by atoms with Crippen LogP contribution in [0.1, 0.15) is 33.6 Å². The van der Waals surface area contributed by atoms with E-state index in [1.165, 1.54) is 0 Å². The molecule has 0 N–H and O–H groups in total. The van der Waals surface area contributed by atoms with Gasteiger partial charge in [0.25, 0.3) is 19.9 Å². The minimum absolute atomic E-state index is 0.0373. The average Bonchev–Trinajstić information content (AvgIpc) is 2.66. The first-order valence-electron chi connectivity index (χ1n) is 9.37. The molecule has 0 unspecified atom stereocenters. The Kier molecular flexibility index (Phi) is 5.56. The minimum atomic E-state index is -2.83. The topological polar surface area (TPSA) is 79.8 Å². The van der Waals surface area contributed by atoms with E-state index >= 15 is 0 Å². The molecule has 0 bridgehead atoms. The van der Waals surface area contributed by atoms with E-state index in [4.69, 9.17) is 9.96 Å². The minimum Gasteiger partial charge on any atom is -0.404 e. The molecule has 1 aliphatic carbocycles. The SMILES string of the molecule is CC(C)(C)[Si](OC1CC(=O)C(=[N+]=[N-])C(=O)C1)(c1ccccc1)c1ccccc1. The molecule has 0 spiro atoms. The summed E-state index contributed by atoms with van der Waals surface area (Å²) in [4.78, 5) is 27.4. The van der Waals surface area contributed by atoms with Crippen molar-refractivity contribution in [2.75, 3.05) is 0 Å². The number of hydrogen-bond donors (Lipinski definition) is 0. The van der Waals surface area contributed by atoms with E-state index in [2.05, 4.69) is 49.8 Å². The lowest BCUT2D eigenvalue weighted by Crippen LogP contribution is -2.68. The van der Waals surface area contributed by atoms with Gasteiger partial charge in [-0.3, -0.25) is 9.59 Å². The molecule has 28 heavy (non-hydrogen) atoms. The van der Waals surface area contributed by atoms with E-state index in [-0.39, 0.29) is 23.6 Å². The van der Waals surface area contributed by atoms with E-state index in [1.54, 1.807) is 0 Å². The molecule has 1 saturated carbocycles. The molecule has 3 rings (SSSR count). The van der Waals surface area contributed by atoms with E-state index in [1.807, 2.05) is 36.4 Å². The van der Waals surface area contributed by atoms with Gasteiger partial charge in [0.15, 0.2) is 0 Å². The summed E-state index contributed by atoms with van der Waals surface area (Å²) < 4.78 is 6.81. The van der Waals surface area contributed by atoms with Crippen molar-refractivity contribution in [3.63, 3.8) is 0 Å². The Labute approximate surface area is 166 Å². The molecular weight excluding hydrogens is 368 g/mol. The Morgan fingerprint density at radius 1 is 0.893 bits per heavy atom. The molecule has 144 valence electrons. The molecule has 1 aliphatic rings. The van der Waals surface area contributed by atoms with Gasteiger partial charge in [-0.15, -0.1) is 0 Å². The van der Waals surface area contributed by atoms with Gasteiger partial charge in [0.2, 0.25) is 0 Å². The molecule has 2 aromatic rings. The Balaban J connectivity index is 2.13. The molecule has 5 nitrogen and oxygen atoms in total. The smallest absolute Gasteiger partial charge is 0.400 e. The fraction of sp³-hybridized carbons (Fsp3) is 0.318. The molecule has 6 heteroatoms. The highest BCUT2D eigenvalue weighted by Gasteiger charge is 2.53. The third-order valence-electron chi connectivity index (χ3n) is 5.21. The maximum Gasteiger partial charge on any atom is 0.400 e. The molecule has 2 aromatic carbocycles. The molecule has 0 aliphatic heterocycles. The second-order valence-corrected chi connectivity index (χ2v) is 12.4. The first-order valence-corrected chi connectivity index (χ1v) is 11.3. The zero-order chi connectivity index (χ0) is 20.4. The monoisotopic (exact) mass is 392 g/mol. The van der Waals surface area contributed by atoms with Gasteiger partial charge in [-0.05, 0) is 15.4 Å². The van der Waals surface area contributed by atoms with Crippen LogP contribution in [0.15, 0.2) is 60.7 Å². The van der Waals surface area contributed by atoms with Crippen LogP contribution in [0.4, 0.5) is 0 Å². The van der Waals surface area contributed by atoms with Crippen LogP contribution in [0.5, 0.6) is 0 Å². The number of carbonyl (C=O) groups is 2. The normalized spacial score (nSPS) is 18.1. The quantitative estimate of drug-likeness (QED) is 0.456. The Morgan fingerprint density at radius 2 is 1.32 bits per heavy atom. The van der Waals surface area contributed by atoms with Gasteiger partial charge < -0.3 is 9.96 Å². The zero-order valence-electron chi connectivity index (χ0n) is 16.4. The summed E-state index contributed by atoms with van der Waals surface area (Å²) >= 11 is 0. The maximum absolute atomic E-state index is 12.3. The number of Topliss-reactive ketones (excluding diaryl/α,β-unsaturated/α-hetero) is 2. The molecule has 0 radical (unpaired) electrons. The van der Waals surface area contributed by atoms with E-state index < -0.39 is 26.0 Å². The standard InChI is InChI=1S/C22H24N2O3Si/c1-22(2,3)28(17-10-6-4-7-11-17,18-12-8-5-9-13-18)27-16-14-19(25)21(24-23)20(26)15-16/h4-13,16H,14-15H2,1-3H3. The van der Waals surface area contributed by atoms with Crippen molar-refractivity contribution in [2.24, 2.45) is 0 Å². The van der Waals surface area contributed by atoms with Crippen LogP contribution in [-0.4, -0.2) is 36.5 Å². The Morgan fingerprint density at radius 3 is 1.68 bits per heavy atom. The number of ketones is 2. The van der Waals surface area contributed by atoms with Gasteiger partial charge in [-0.2, -0.15) is 4.79 Å². The highest BCUT2D eigenvalue weighted by atomic mass is 28.4. The Hall–Kier alpha value is -2.66. The Bertz CT molecular complexity index is 870. The van der Waals surface area contributed by atoms with E-state index in [0.717, 1.165) is 10.4 Å². The van der Waals surface area contributed by atoms with Crippen LogP contribution < -0.4 is 10.4 Å². The van der Waals surface area contributed by atoms with Crippen LogP contribution in [0.2, 0.25) is 5.04 Å². The number of rotatable bonds is 4. The van der Waals surface area contributed by atoms with Crippen molar-refractivity contribution in [1.82, 2.24) is 0 Å². The third-order valence-corrected chi connectivity index (χ3v) is 10.3. The van der Waals surface area contributed by atoms with Crippen molar-refractivity contribution in [2.45, 2.75) is 44.8 Å². The molecule has 0 amide bonds. The largest absolute Gasteiger partial charge is 0.404 e. The number of hydrogen-bond acceptors (Lipinski definition) is 3. The first-order chi connectivity index (χ1) is 13.3.